The van der Waals surface area contributed by atoms with Gasteiger partial charge < -0.3 is 20.0 Å². The lowest BCUT2D eigenvalue weighted by Crippen LogP contribution is -2.40. The summed E-state index contributed by atoms with van der Waals surface area (Å²) in [4.78, 5) is 24.8. The van der Waals surface area contributed by atoms with Crippen molar-refractivity contribution in [3.63, 3.8) is 0 Å². The second kappa shape index (κ2) is 8.42. The van der Waals surface area contributed by atoms with Gasteiger partial charge in [0.05, 0.1) is 18.4 Å². The molecular formula is C21H23N7O2. The molecule has 0 unspecified atom stereocenters. The van der Waals surface area contributed by atoms with Gasteiger partial charge in [-0.2, -0.15) is 0 Å². The number of anilines is 1. The Morgan fingerprint density at radius 1 is 1.20 bits per heavy atom. The molecule has 9 nitrogen and oxygen atoms in total. The van der Waals surface area contributed by atoms with Crippen LogP contribution in [0.2, 0.25) is 0 Å². The topological polar surface area (TPSA) is 114 Å². The Hall–Kier alpha value is -3.59. The number of carbonyl (C=O) groups is 1. The molecular weight excluding hydrogens is 382 g/mol. The van der Waals surface area contributed by atoms with Gasteiger partial charge in [0.1, 0.15) is 0 Å². The monoisotopic (exact) mass is 405 g/mol. The maximum absolute atomic E-state index is 12.2. The third-order valence-electron chi connectivity index (χ3n) is 4.79. The highest BCUT2D eigenvalue weighted by Gasteiger charge is 2.21. The zero-order valence-electron chi connectivity index (χ0n) is 16.9. The first-order valence-corrected chi connectivity index (χ1v) is 9.65. The lowest BCUT2D eigenvalue weighted by Gasteiger charge is -2.27. The van der Waals surface area contributed by atoms with E-state index in [1.54, 1.807) is 6.20 Å². The average molecular weight is 405 g/mol. The number of nitrogens with two attached hydrogens (primary N) is 1. The first-order chi connectivity index (χ1) is 14.5. The summed E-state index contributed by atoms with van der Waals surface area (Å²) in [6, 6.07) is 9.49. The fourth-order valence-corrected chi connectivity index (χ4v) is 3.23. The molecule has 30 heavy (non-hydrogen) atoms. The maximum Gasteiger partial charge on any atom is 0.270 e. The third kappa shape index (κ3) is 4.20. The van der Waals surface area contributed by atoms with Crippen molar-refractivity contribution in [3.05, 3.63) is 48.3 Å². The molecule has 9 heteroatoms. The number of likely N-dealkylation sites (N-methyl/N-ethyl adjacent to an activating group) is 1. The largest absolute Gasteiger partial charge is 0.414 e. The van der Waals surface area contributed by atoms with Crippen LogP contribution in [0.15, 0.2) is 47.0 Å². The fourth-order valence-electron chi connectivity index (χ4n) is 3.23. The van der Waals surface area contributed by atoms with Crippen LogP contribution >= 0.6 is 0 Å². The van der Waals surface area contributed by atoms with E-state index in [4.69, 9.17) is 10.2 Å². The summed E-state index contributed by atoms with van der Waals surface area (Å²) in [6.07, 6.45) is 4.33. The summed E-state index contributed by atoms with van der Waals surface area (Å²) in [6.45, 7) is 1.58. The van der Waals surface area contributed by atoms with Crippen LogP contribution in [0.25, 0.3) is 28.6 Å². The molecule has 0 fully saturated rings. The van der Waals surface area contributed by atoms with Gasteiger partial charge in [-0.05, 0) is 38.2 Å². The molecule has 0 saturated carbocycles. The zero-order chi connectivity index (χ0) is 21.1. The maximum atomic E-state index is 12.2. The van der Waals surface area contributed by atoms with Crippen molar-refractivity contribution in [1.82, 2.24) is 30.0 Å². The first kappa shape index (κ1) is 19.7. The Morgan fingerprint density at radius 3 is 2.67 bits per heavy atom. The predicted molar refractivity (Wildman–Crippen MR) is 113 cm³/mol. The van der Waals surface area contributed by atoms with Crippen LogP contribution in [-0.4, -0.2) is 69.6 Å². The number of aromatic nitrogens is 4. The van der Waals surface area contributed by atoms with Crippen LogP contribution in [-0.2, 0) is 4.79 Å². The van der Waals surface area contributed by atoms with E-state index >= 15 is 0 Å². The fraction of sp³-hybridized carbons (Fsp3) is 0.286. The van der Waals surface area contributed by atoms with Crippen molar-refractivity contribution in [1.29, 1.82) is 0 Å². The van der Waals surface area contributed by atoms with Gasteiger partial charge in [-0.25, -0.2) is 9.97 Å². The molecule has 0 spiro atoms. The van der Waals surface area contributed by atoms with Crippen molar-refractivity contribution in [2.75, 3.05) is 39.5 Å². The molecule has 0 radical (unpaired) electrons. The highest BCUT2D eigenvalue weighted by atomic mass is 16.4. The van der Waals surface area contributed by atoms with Crippen molar-refractivity contribution >= 4 is 17.3 Å². The quantitative estimate of drug-likeness (QED) is 0.685. The number of carbonyl (C=O) groups excluding carboxylic acids is 1. The lowest BCUT2D eigenvalue weighted by molar-refractivity contribution is -0.131. The Balaban J connectivity index is 1.55. The summed E-state index contributed by atoms with van der Waals surface area (Å²) >= 11 is 0. The summed E-state index contributed by atoms with van der Waals surface area (Å²) in [5.74, 6) is 0.948. The number of hydrogen-bond acceptors (Lipinski definition) is 8. The van der Waals surface area contributed by atoms with E-state index in [2.05, 4.69) is 20.2 Å². The van der Waals surface area contributed by atoms with Crippen molar-refractivity contribution in [2.24, 2.45) is 0 Å². The Kier molecular flexibility index (Phi) is 5.53. The van der Waals surface area contributed by atoms with E-state index in [0.717, 1.165) is 11.1 Å². The number of hydrogen-bond donors (Lipinski definition) is 1. The van der Waals surface area contributed by atoms with E-state index in [9.17, 15) is 4.79 Å². The average Bonchev–Trinajstić information content (AvgIpc) is 3.24. The lowest BCUT2D eigenvalue weighted by atomic mass is 10.0. The van der Waals surface area contributed by atoms with Crippen LogP contribution in [0.3, 0.4) is 0 Å². The highest BCUT2D eigenvalue weighted by molar-refractivity contribution is 5.80. The number of nitrogen functional groups attached to an aromatic ring is 1. The van der Waals surface area contributed by atoms with E-state index in [1.165, 1.54) is 0 Å². The highest BCUT2D eigenvalue weighted by Crippen LogP contribution is 2.28. The second-order valence-corrected chi connectivity index (χ2v) is 7.32. The van der Waals surface area contributed by atoms with Crippen molar-refractivity contribution in [2.45, 2.75) is 6.42 Å². The standard InChI is InChI=1S/C21H23N7O2/c1-27(2)13-17(29)28-10-8-14(9-11-28)16-12-23-19(22)18(24-16)21-26-25-20(30-21)15-6-4-3-5-7-15/h3-8,12H,9-11,13H2,1-2H3,(H2,22,23). The van der Waals surface area contributed by atoms with Gasteiger partial charge in [0.15, 0.2) is 11.5 Å². The minimum absolute atomic E-state index is 0.110. The molecule has 0 atom stereocenters. The Bertz CT molecular complexity index is 1080. The Labute approximate surface area is 174 Å². The normalized spacial score (nSPS) is 14.1. The Morgan fingerprint density at radius 2 is 1.97 bits per heavy atom. The van der Waals surface area contributed by atoms with Crippen molar-refractivity contribution < 1.29 is 9.21 Å². The van der Waals surface area contributed by atoms with Gasteiger partial charge in [0.25, 0.3) is 5.89 Å². The summed E-state index contributed by atoms with van der Waals surface area (Å²) < 4.78 is 5.78. The van der Waals surface area contributed by atoms with Crippen LogP contribution < -0.4 is 5.73 Å². The van der Waals surface area contributed by atoms with Crippen LogP contribution in [0.1, 0.15) is 12.1 Å². The van der Waals surface area contributed by atoms with E-state index in [1.807, 2.05) is 60.3 Å². The minimum atomic E-state index is 0.110. The molecule has 1 aromatic carbocycles. The molecule has 1 amide bonds. The van der Waals surface area contributed by atoms with Crippen LogP contribution in [0.4, 0.5) is 5.82 Å². The number of rotatable bonds is 5. The summed E-state index contributed by atoms with van der Waals surface area (Å²) in [5.41, 5.74) is 8.91. The third-order valence-corrected chi connectivity index (χ3v) is 4.79. The van der Waals surface area contributed by atoms with E-state index in [-0.39, 0.29) is 17.6 Å². The zero-order valence-corrected chi connectivity index (χ0v) is 16.9. The molecule has 0 saturated heterocycles. The first-order valence-electron chi connectivity index (χ1n) is 9.65. The van der Waals surface area contributed by atoms with Gasteiger partial charge in [-0.3, -0.25) is 4.79 Å². The summed E-state index contributed by atoms with van der Waals surface area (Å²) in [7, 11) is 3.77. The molecule has 0 aliphatic carbocycles. The molecule has 3 heterocycles. The minimum Gasteiger partial charge on any atom is -0.414 e. The van der Waals surface area contributed by atoms with Gasteiger partial charge in [0, 0.05) is 18.7 Å². The molecule has 2 N–H and O–H groups in total. The van der Waals surface area contributed by atoms with Gasteiger partial charge in [-0.1, -0.05) is 24.3 Å². The number of benzene rings is 1. The molecule has 1 aliphatic rings. The second-order valence-electron chi connectivity index (χ2n) is 7.32. The molecule has 1 aliphatic heterocycles. The van der Waals surface area contributed by atoms with Gasteiger partial charge in [-0.15, -0.1) is 10.2 Å². The van der Waals surface area contributed by atoms with Crippen LogP contribution in [0.5, 0.6) is 0 Å². The number of amides is 1. The molecule has 3 aromatic rings. The van der Waals surface area contributed by atoms with Gasteiger partial charge >= 0.3 is 0 Å². The molecule has 2 aromatic heterocycles. The smallest absolute Gasteiger partial charge is 0.270 e. The van der Waals surface area contributed by atoms with Crippen LogP contribution in [0, 0.1) is 0 Å². The van der Waals surface area contributed by atoms with Crippen molar-refractivity contribution in [3.8, 4) is 23.0 Å². The predicted octanol–water partition coefficient (Wildman–Crippen LogP) is 1.95. The SMILES string of the molecule is CN(C)CC(=O)N1CC=C(c2cnc(N)c(-c3nnc(-c4ccccc4)o3)n2)CC1. The van der Waals surface area contributed by atoms with E-state index < -0.39 is 0 Å². The van der Waals surface area contributed by atoms with E-state index in [0.29, 0.717) is 43.3 Å². The summed E-state index contributed by atoms with van der Waals surface area (Å²) in [5, 5.41) is 8.19. The molecule has 0 bridgehead atoms. The molecule has 4 rings (SSSR count). The number of nitrogens with zero attached hydrogens (tertiary/aromatic N) is 6. The molecule has 154 valence electrons. The van der Waals surface area contributed by atoms with Gasteiger partial charge in [0.2, 0.25) is 11.8 Å².